The SMILES string of the molecule is CCn1c(COc2ccccc2)nnc1SC(C)C(=O)Nc1nccs1. The minimum Gasteiger partial charge on any atom is -0.486 e. The molecule has 3 aromatic rings. The highest BCUT2D eigenvalue weighted by atomic mass is 32.2. The number of aromatic nitrogens is 4. The first kappa shape index (κ1) is 18.4. The van der Waals surface area contributed by atoms with Crippen LogP contribution in [0.4, 0.5) is 5.13 Å². The van der Waals surface area contributed by atoms with E-state index in [0.717, 1.165) is 11.6 Å². The van der Waals surface area contributed by atoms with Crippen LogP contribution in [0.5, 0.6) is 5.75 Å². The van der Waals surface area contributed by atoms with Crippen molar-refractivity contribution in [3.8, 4) is 5.75 Å². The zero-order chi connectivity index (χ0) is 18.4. The topological polar surface area (TPSA) is 81.9 Å². The number of benzene rings is 1. The molecule has 1 N–H and O–H groups in total. The molecule has 9 heteroatoms. The number of hydrogen-bond acceptors (Lipinski definition) is 7. The zero-order valence-electron chi connectivity index (χ0n) is 14.5. The number of amides is 1. The van der Waals surface area contributed by atoms with E-state index in [4.69, 9.17) is 4.74 Å². The van der Waals surface area contributed by atoms with Gasteiger partial charge in [-0.1, -0.05) is 30.0 Å². The van der Waals surface area contributed by atoms with Gasteiger partial charge in [0.15, 0.2) is 16.1 Å². The Kier molecular flexibility index (Phi) is 6.24. The molecule has 7 nitrogen and oxygen atoms in total. The first-order valence-electron chi connectivity index (χ1n) is 8.14. The second kappa shape index (κ2) is 8.81. The zero-order valence-corrected chi connectivity index (χ0v) is 16.1. The lowest BCUT2D eigenvalue weighted by atomic mass is 10.3. The Labute approximate surface area is 159 Å². The number of carbonyl (C=O) groups is 1. The van der Waals surface area contributed by atoms with Crippen molar-refractivity contribution in [3.63, 3.8) is 0 Å². The quantitative estimate of drug-likeness (QED) is 0.594. The molecule has 0 fully saturated rings. The monoisotopic (exact) mass is 389 g/mol. The summed E-state index contributed by atoms with van der Waals surface area (Å²) in [6.45, 7) is 4.87. The van der Waals surface area contributed by atoms with E-state index in [1.807, 2.05) is 54.1 Å². The molecule has 136 valence electrons. The minimum absolute atomic E-state index is 0.113. The number of thioether (sulfide) groups is 1. The van der Waals surface area contributed by atoms with Gasteiger partial charge in [-0.25, -0.2) is 4.98 Å². The molecule has 0 aliphatic heterocycles. The Bertz CT molecular complexity index is 836. The van der Waals surface area contributed by atoms with Crippen molar-refractivity contribution in [1.82, 2.24) is 19.7 Å². The highest BCUT2D eigenvalue weighted by molar-refractivity contribution is 8.00. The van der Waals surface area contributed by atoms with Crippen molar-refractivity contribution in [2.24, 2.45) is 0 Å². The molecule has 1 atom stereocenters. The molecular formula is C17H19N5O2S2. The maximum absolute atomic E-state index is 12.3. The van der Waals surface area contributed by atoms with Gasteiger partial charge in [-0.15, -0.1) is 21.5 Å². The van der Waals surface area contributed by atoms with Crippen LogP contribution in [0, 0.1) is 0 Å². The largest absolute Gasteiger partial charge is 0.486 e. The third kappa shape index (κ3) is 4.61. The number of nitrogens with zero attached hydrogens (tertiary/aromatic N) is 4. The highest BCUT2D eigenvalue weighted by Gasteiger charge is 2.20. The van der Waals surface area contributed by atoms with Crippen molar-refractivity contribution in [1.29, 1.82) is 0 Å². The third-order valence-corrected chi connectivity index (χ3v) is 5.30. The fourth-order valence-corrected chi connectivity index (χ4v) is 3.66. The van der Waals surface area contributed by atoms with Gasteiger partial charge in [-0.3, -0.25) is 4.79 Å². The van der Waals surface area contributed by atoms with E-state index < -0.39 is 0 Å². The van der Waals surface area contributed by atoms with Crippen molar-refractivity contribution in [3.05, 3.63) is 47.7 Å². The Morgan fingerprint density at radius 1 is 1.35 bits per heavy atom. The number of ether oxygens (including phenoxy) is 1. The molecule has 3 rings (SSSR count). The van der Waals surface area contributed by atoms with Crippen LogP contribution < -0.4 is 10.1 Å². The van der Waals surface area contributed by atoms with Crippen LogP contribution in [0.15, 0.2) is 47.1 Å². The van der Waals surface area contributed by atoms with Crippen LogP contribution in [0.2, 0.25) is 0 Å². The van der Waals surface area contributed by atoms with Crippen molar-refractivity contribution >= 4 is 34.1 Å². The number of hydrogen-bond donors (Lipinski definition) is 1. The first-order valence-corrected chi connectivity index (χ1v) is 9.90. The van der Waals surface area contributed by atoms with Gasteiger partial charge < -0.3 is 14.6 Å². The summed E-state index contributed by atoms with van der Waals surface area (Å²) in [4.78, 5) is 16.3. The van der Waals surface area contributed by atoms with Crippen LogP contribution in [-0.4, -0.2) is 30.9 Å². The van der Waals surface area contributed by atoms with Gasteiger partial charge in [-0.2, -0.15) is 0 Å². The van der Waals surface area contributed by atoms with Crippen LogP contribution >= 0.6 is 23.1 Å². The van der Waals surface area contributed by atoms with Gasteiger partial charge in [-0.05, 0) is 26.0 Å². The number of carbonyl (C=O) groups excluding carboxylic acids is 1. The summed E-state index contributed by atoms with van der Waals surface area (Å²) < 4.78 is 7.71. The predicted molar refractivity (Wildman–Crippen MR) is 103 cm³/mol. The van der Waals surface area contributed by atoms with E-state index in [1.165, 1.54) is 23.1 Å². The molecule has 0 bridgehead atoms. The number of para-hydroxylation sites is 1. The molecule has 2 aromatic heterocycles. The molecule has 0 aliphatic carbocycles. The summed E-state index contributed by atoms with van der Waals surface area (Å²) in [6.07, 6.45) is 1.66. The molecular weight excluding hydrogens is 370 g/mol. The number of nitrogens with one attached hydrogen (secondary N) is 1. The summed E-state index contributed by atoms with van der Waals surface area (Å²) in [7, 11) is 0. The smallest absolute Gasteiger partial charge is 0.239 e. The summed E-state index contributed by atoms with van der Waals surface area (Å²) in [5.41, 5.74) is 0. The Morgan fingerprint density at radius 3 is 2.85 bits per heavy atom. The second-order valence-electron chi connectivity index (χ2n) is 5.33. The van der Waals surface area contributed by atoms with Crippen LogP contribution in [0.3, 0.4) is 0 Å². The molecule has 2 heterocycles. The first-order chi connectivity index (χ1) is 12.7. The van der Waals surface area contributed by atoms with E-state index >= 15 is 0 Å². The third-order valence-electron chi connectivity index (χ3n) is 3.53. The number of anilines is 1. The molecule has 1 amide bonds. The fourth-order valence-electron chi connectivity index (χ4n) is 2.20. The van der Waals surface area contributed by atoms with E-state index in [0.29, 0.717) is 23.4 Å². The van der Waals surface area contributed by atoms with Crippen LogP contribution in [-0.2, 0) is 17.9 Å². The fraction of sp³-hybridized carbons (Fsp3) is 0.294. The van der Waals surface area contributed by atoms with Gasteiger partial charge in [0.2, 0.25) is 5.91 Å². The van der Waals surface area contributed by atoms with E-state index in [9.17, 15) is 4.79 Å². The summed E-state index contributed by atoms with van der Waals surface area (Å²) in [6, 6.07) is 9.57. The normalized spacial score (nSPS) is 11.9. The van der Waals surface area contributed by atoms with Crippen LogP contribution in [0.1, 0.15) is 19.7 Å². The molecule has 0 spiro atoms. The maximum Gasteiger partial charge on any atom is 0.239 e. The molecule has 1 aromatic carbocycles. The van der Waals surface area contributed by atoms with Crippen molar-refractivity contribution in [2.45, 2.75) is 37.4 Å². The Hall–Kier alpha value is -2.39. The molecule has 26 heavy (non-hydrogen) atoms. The van der Waals surface area contributed by atoms with E-state index in [1.54, 1.807) is 6.20 Å². The highest BCUT2D eigenvalue weighted by Crippen LogP contribution is 2.24. The van der Waals surface area contributed by atoms with Gasteiger partial charge in [0.25, 0.3) is 0 Å². The lowest BCUT2D eigenvalue weighted by Gasteiger charge is -2.12. The summed E-state index contributed by atoms with van der Waals surface area (Å²) in [5, 5.41) is 14.0. The number of thiazole rings is 1. The van der Waals surface area contributed by atoms with Gasteiger partial charge in [0, 0.05) is 18.1 Å². The van der Waals surface area contributed by atoms with Crippen LogP contribution in [0.25, 0.3) is 0 Å². The van der Waals surface area contributed by atoms with Gasteiger partial charge in [0.05, 0.1) is 5.25 Å². The summed E-state index contributed by atoms with van der Waals surface area (Å²) in [5.74, 6) is 1.40. The average Bonchev–Trinajstić information content (AvgIpc) is 3.30. The summed E-state index contributed by atoms with van der Waals surface area (Å²) >= 11 is 2.76. The Balaban J connectivity index is 1.62. The second-order valence-corrected chi connectivity index (χ2v) is 7.53. The number of rotatable bonds is 8. The molecule has 0 radical (unpaired) electrons. The van der Waals surface area contributed by atoms with E-state index in [-0.39, 0.29) is 11.2 Å². The molecule has 0 saturated carbocycles. The molecule has 0 saturated heterocycles. The lowest BCUT2D eigenvalue weighted by Crippen LogP contribution is -2.22. The van der Waals surface area contributed by atoms with Gasteiger partial charge >= 0.3 is 0 Å². The van der Waals surface area contributed by atoms with Crippen molar-refractivity contribution in [2.75, 3.05) is 5.32 Å². The van der Waals surface area contributed by atoms with E-state index in [2.05, 4.69) is 20.5 Å². The standard InChI is InChI=1S/C17H19N5O2S2/c1-3-22-14(11-24-13-7-5-4-6-8-13)20-21-17(22)26-12(2)15(23)19-16-18-9-10-25-16/h4-10,12H,3,11H2,1-2H3,(H,18,19,23). The van der Waals surface area contributed by atoms with Gasteiger partial charge in [0.1, 0.15) is 12.4 Å². The average molecular weight is 390 g/mol. The minimum atomic E-state index is -0.323. The lowest BCUT2D eigenvalue weighted by molar-refractivity contribution is -0.115. The maximum atomic E-state index is 12.3. The van der Waals surface area contributed by atoms with Crippen molar-refractivity contribution < 1.29 is 9.53 Å². The Morgan fingerprint density at radius 2 is 2.15 bits per heavy atom. The molecule has 1 unspecified atom stereocenters. The molecule has 0 aliphatic rings. The predicted octanol–water partition coefficient (Wildman–Crippen LogP) is 3.45.